The van der Waals surface area contributed by atoms with Crippen LogP contribution in [0.2, 0.25) is 5.02 Å². The van der Waals surface area contributed by atoms with Gasteiger partial charge in [0.05, 0.1) is 24.8 Å². The summed E-state index contributed by atoms with van der Waals surface area (Å²) in [5.41, 5.74) is 10.9. The number of amides is 1. The highest BCUT2D eigenvalue weighted by molar-refractivity contribution is 7.15. The molecule has 5 rings (SSSR count). The molecule has 2 aromatic heterocycles. The van der Waals surface area contributed by atoms with E-state index in [-0.39, 0.29) is 31.3 Å². The third-order valence-electron chi connectivity index (χ3n) is 6.50. The van der Waals surface area contributed by atoms with E-state index in [1.165, 1.54) is 4.88 Å². The number of hydrogen-bond acceptors (Lipinski definition) is 7. The minimum absolute atomic E-state index is 0. The molecule has 0 aliphatic carbocycles. The molecule has 206 valence electrons. The molecule has 4 aromatic rings. The Morgan fingerprint density at radius 1 is 1.15 bits per heavy atom. The van der Waals surface area contributed by atoms with E-state index in [9.17, 15) is 4.79 Å². The Morgan fingerprint density at radius 2 is 1.85 bits per heavy atom. The average Bonchev–Trinajstić information content (AvgIpc) is 3.40. The van der Waals surface area contributed by atoms with Gasteiger partial charge >= 0.3 is 0 Å². The number of nitrogens with one attached hydrogen (secondary N) is 1. The number of thiophene rings is 1. The Bertz CT molecular complexity index is 1630. The predicted molar refractivity (Wildman–Crippen MR) is 162 cm³/mol. The fraction of sp³-hybridized carbons (Fsp3) is 0.241. The van der Waals surface area contributed by atoms with Gasteiger partial charge in [0.1, 0.15) is 16.9 Å². The molecule has 4 N–H and O–H groups in total. The standard InChI is InChI=1S/C29H27ClN6O2S.ClH/c1-16-17(2)39-29-26(16)27(20-7-9-21(30)10-8-20)33-24(28-35-34-18(3)36(28)29)14-25(38)32-23-12-5-19(6-13-23)4-11-22(31)15-37;/h5-10,12-13,22,24,37H,14-15,31H2,1-3H3,(H,32,38);1H/t22?,24-;/m0./s1. The van der Waals surface area contributed by atoms with Crippen LogP contribution >= 0.6 is 35.3 Å². The van der Waals surface area contributed by atoms with Gasteiger partial charge in [0.15, 0.2) is 5.82 Å². The summed E-state index contributed by atoms with van der Waals surface area (Å²) in [6.45, 7) is 5.89. The largest absolute Gasteiger partial charge is 0.394 e. The van der Waals surface area contributed by atoms with Crippen LogP contribution in [-0.4, -0.2) is 44.1 Å². The molecule has 11 heteroatoms. The van der Waals surface area contributed by atoms with Crippen LogP contribution in [0, 0.1) is 32.6 Å². The van der Waals surface area contributed by atoms with Gasteiger partial charge in [-0.25, -0.2) is 0 Å². The van der Waals surface area contributed by atoms with Gasteiger partial charge < -0.3 is 16.2 Å². The van der Waals surface area contributed by atoms with Crippen molar-refractivity contribution in [2.75, 3.05) is 11.9 Å². The molecule has 0 saturated heterocycles. The molecule has 0 radical (unpaired) electrons. The summed E-state index contributed by atoms with van der Waals surface area (Å²) in [6.07, 6.45) is 0.0785. The Morgan fingerprint density at radius 3 is 2.52 bits per heavy atom. The summed E-state index contributed by atoms with van der Waals surface area (Å²) in [5.74, 6) is 6.84. The maximum absolute atomic E-state index is 13.2. The third kappa shape index (κ3) is 5.97. The van der Waals surface area contributed by atoms with Crippen LogP contribution in [-0.2, 0) is 4.79 Å². The summed E-state index contributed by atoms with van der Waals surface area (Å²) in [6, 6.07) is 13.6. The molecule has 1 unspecified atom stereocenters. The first-order chi connectivity index (χ1) is 18.7. The van der Waals surface area contributed by atoms with Crippen molar-refractivity contribution in [1.29, 1.82) is 0 Å². The number of halogens is 2. The van der Waals surface area contributed by atoms with Gasteiger partial charge in [0.25, 0.3) is 0 Å². The van der Waals surface area contributed by atoms with Crippen molar-refractivity contribution in [3.63, 3.8) is 0 Å². The molecule has 1 aliphatic heterocycles. The lowest BCUT2D eigenvalue weighted by molar-refractivity contribution is -0.116. The molecule has 8 nitrogen and oxygen atoms in total. The number of aryl methyl sites for hydroxylation is 2. The molecule has 0 bridgehead atoms. The third-order valence-corrected chi connectivity index (χ3v) is 7.95. The summed E-state index contributed by atoms with van der Waals surface area (Å²) in [5, 5.41) is 22.4. The lowest BCUT2D eigenvalue weighted by atomic mass is 9.99. The van der Waals surface area contributed by atoms with Crippen molar-refractivity contribution in [2.45, 2.75) is 39.3 Å². The monoisotopic (exact) mass is 594 g/mol. The van der Waals surface area contributed by atoms with E-state index >= 15 is 0 Å². The Balaban J connectivity index is 0.00000370. The van der Waals surface area contributed by atoms with E-state index < -0.39 is 12.1 Å². The van der Waals surface area contributed by atoms with Gasteiger partial charge in [-0.3, -0.25) is 14.4 Å². The smallest absolute Gasteiger partial charge is 0.227 e. The van der Waals surface area contributed by atoms with E-state index in [4.69, 9.17) is 27.4 Å². The number of hydrogen-bond donors (Lipinski definition) is 3. The highest BCUT2D eigenvalue weighted by Crippen LogP contribution is 2.39. The molecular weight excluding hydrogens is 567 g/mol. The normalized spacial score (nSPS) is 14.4. The second-order valence-electron chi connectivity index (χ2n) is 9.29. The number of carbonyl (C=O) groups excluding carboxylic acids is 1. The number of fused-ring (bicyclic) bond motifs is 3. The highest BCUT2D eigenvalue weighted by atomic mass is 35.5. The molecule has 1 amide bonds. The second-order valence-corrected chi connectivity index (χ2v) is 10.9. The van der Waals surface area contributed by atoms with E-state index in [0.29, 0.717) is 16.5 Å². The number of aliphatic hydroxyl groups excluding tert-OH is 1. The van der Waals surface area contributed by atoms with Crippen LogP contribution in [0.3, 0.4) is 0 Å². The van der Waals surface area contributed by atoms with Crippen LogP contribution in [0.15, 0.2) is 53.5 Å². The molecule has 3 heterocycles. The Hall–Kier alpha value is -3.52. The fourth-order valence-electron chi connectivity index (χ4n) is 4.38. The number of anilines is 1. The Kier molecular flexibility index (Phi) is 9.08. The summed E-state index contributed by atoms with van der Waals surface area (Å²) >= 11 is 7.85. The average molecular weight is 596 g/mol. The number of rotatable bonds is 5. The minimum atomic E-state index is -0.592. The number of benzene rings is 2. The molecule has 2 aromatic carbocycles. The molecule has 2 atom stereocenters. The summed E-state index contributed by atoms with van der Waals surface area (Å²) in [7, 11) is 0. The van der Waals surface area contributed by atoms with Crippen LogP contribution in [0.5, 0.6) is 0 Å². The number of nitrogens with two attached hydrogens (primary N) is 1. The van der Waals surface area contributed by atoms with Crippen LogP contribution < -0.4 is 11.1 Å². The molecular formula is C29H28Cl2N6O2S. The van der Waals surface area contributed by atoms with E-state index in [1.54, 1.807) is 35.6 Å². The lowest BCUT2D eigenvalue weighted by Gasteiger charge is -2.13. The van der Waals surface area contributed by atoms with Crippen molar-refractivity contribution in [2.24, 2.45) is 10.7 Å². The second kappa shape index (κ2) is 12.3. The highest BCUT2D eigenvalue weighted by Gasteiger charge is 2.32. The SMILES string of the molecule is Cc1sc2c(c1C)C(c1ccc(Cl)cc1)=N[C@@H](CC(=O)Nc1ccc(C#CC(N)CO)cc1)c1nnc(C)n1-2.Cl. The number of aliphatic imine (C=N–C) groups is 1. The van der Waals surface area contributed by atoms with Crippen LogP contribution in [0.25, 0.3) is 5.00 Å². The maximum Gasteiger partial charge on any atom is 0.227 e. The van der Waals surface area contributed by atoms with Gasteiger partial charge in [0.2, 0.25) is 5.91 Å². The fourth-order valence-corrected chi connectivity index (χ4v) is 5.72. The van der Waals surface area contributed by atoms with E-state index in [0.717, 1.165) is 38.8 Å². The minimum Gasteiger partial charge on any atom is -0.394 e. The van der Waals surface area contributed by atoms with Crippen molar-refractivity contribution >= 4 is 52.7 Å². The molecule has 1 aliphatic rings. The lowest BCUT2D eigenvalue weighted by Crippen LogP contribution is -2.21. The first-order valence-corrected chi connectivity index (χ1v) is 13.6. The van der Waals surface area contributed by atoms with Gasteiger partial charge in [-0.1, -0.05) is 35.6 Å². The van der Waals surface area contributed by atoms with Gasteiger partial charge in [-0.05, 0) is 62.7 Å². The first-order valence-electron chi connectivity index (χ1n) is 12.4. The number of nitrogens with zero attached hydrogens (tertiary/aromatic N) is 4. The van der Waals surface area contributed by atoms with Crippen molar-refractivity contribution in [3.8, 4) is 16.8 Å². The zero-order valence-electron chi connectivity index (χ0n) is 22.1. The van der Waals surface area contributed by atoms with Gasteiger partial charge in [-0.15, -0.1) is 33.9 Å². The maximum atomic E-state index is 13.2. The summed E-state index contributed by atoms with van der Waals surface area (Å²) in [4.78, 5) is 19.6. The zero-order chi connectivity index (χ0) is 27.7. The van der Waals surface area contributed by atoms with E-state index in [2.05, 4.69) is 41.2 Å². The van der Waals surface area contributed by atoms with Crippen LogP contribution in [0.1, 0.15) is 51.2 Å². The number of aliphatic hydroxyl groups is 1. The topological polar surface area (TPSA) is 118 Å². The zero-order valence-corrected chi connectivity index (χ0v) is 24.5. The molecule has 40 heavy (non-hydrogen) atoms. The van der Waals surface area contributed by atoms with Crippen molar-refractivity contribution in [3.05, 3.63) is 92.3 Å². The Labute approximate surface area is 247 Å². The molecule has 0 fully saturated rings. The quantitative estimate of drug-likeness (QED) is 0.283. The van der Waals surface area contributed by atoms with Gasteiger partial charge in [-0.2, -0.15) is 0 Å². The molecule has 0 spiro atoms. The number of aromatic nitrogens is 3. The first kappa shape index (κ1) is 29.5. The van der Waals surface area contributed by atoms with Crippen molar-refractivity contribution in [1.82, 2.24) is 14.8 Å². The number of carbonyl (C=O) groups is 1. The predicted octanol–water partition coefficient (Wildman–Crippen LogP) is 4.92. The summed E-state index contributed by atoms with van der Waals surface area (Å²) < 4.78 is 2.02. The van der Waals surface area contributed by atoms with E-state index in [1.807, 2.05) is 35.8 Å². The molecule has 0 saturated carbocycles. The van der Waals surface area contributed by atoms with Gasteiger partial charge in [0, 0.05) is 32.3 Å². The van der Waals surface area contributed by atoms with Crippen molar-refractivity contribution < 1.29 is 9.90 Å². The van der Waals surface area contributed by atoms with Crippen LogP contribution in [0.4, 0.5) is 5.69 Å².